The molecule has 2 unspecified atom stereocenters. The molecule has 1 aliphatic rings. The SMILES string of the molecule is CCNC(=NCC(O)c1ccncc1)NC1CCN(c2ccc(Br)cc2)C1. The minimum atomic E-state index is -0.633. The monoisotopic (exact) mass is 431 g/mol. The van der Waals surface area contributed by atoms with Gasteiger partial charge >= 0.3 is 0 Å². The number of nitrogens with one attached hydrogen (secondary N) is 2. The minimum absolute atomic E-state index is 0.308. The Kier molecular flexibility index (Phi) is 7.06. The van der Waals surface area contributed by atoms with E-state index < -0.39 is 6.10 Å². The van der Waals surface area contributed by atoms with Crippen molar-refractivity contribution in [2.75, 3.05) is 31.1 Å². The smallest absolute Gasteiger partial charge is 0.191 e. The van der Waals surface area contributed by atoms with Crippen molar-refractivity contribution in [2.24, 2.45) is 4.99 Å². The first kappa shape index (κ1) is 19.6. The first-order chi connectivity index (χ1) is 13.2. The summed E-state index contributed by atoms with van der Waals surface area (Å²) < 4.78 is 1.09. The van der Waals surface area contributed by atoms with Crippen molar-refractivity contribution in [1.29, 1.82) is 0 Å². The van der Waals surface area contributed by atoms with Gasteiger partial charge in [-0.05, 0) is 55.3 Å². The average molecular weight is 432 g/mol. The van der Waals surface area contributed by atoms with Gasteiger partial charge in [0.1, 0.15) is 0 Å². The number of anilines is 1. The fourth-order valence-electron chi connectivity index (χ4n) is 3.15. The lowest BCUT2D eigenvalue weighted by Crippen LogP contribution is -2.44. The fourth-order valence-corrected chi connectivity index (χ4v) is 3.41. The van der Waals surface area contributed by atoms with Gasteiger partial charge in [-0.3, -0.25) is 9.98 Å². The Morgan fingerprint density at radius 3 is 2.74 bits per heavy atom. The van der Waals surface area contributed by atoms with Crippen molar-refractivity contribution in [2.45, 2.75) is 25.5 Å². The van der Waals surface area contributed by atoms with E-state index in [4.69, 9.17) is 0 Å². The lowest BCUT2D eigenvalue weighted by Gasteiger charge is -2.20. The zero-order valence-corrected chi connectivity index (χ0v) is 17.1. The van der Waals surface area contributed by atoms with E-state index in [-0.39, 0.29) is 0 Å². The number of nitrogens with zero attached hydrogens (tertiary/aromatic N) is 3. The van der Waals surface area contributed by atoms with Gasteiger partial charge < -0.3 is 20.6 Å². The molecular formula is C20H26BrN5O. The minimum Gasteiger partial charge on any atom is -0.386 e. The van der Waals surface area contributed by atoms with Crippen molar-refractivity contribution < 1.29 is 5.11 Å². The number of hydrogen-bond acceptors (Lipinski definition) is 4. The molecule has 1 fully saturated rings. The molecule has 0 spiro atoms. The molecule has 0 radical (unpaired) electrons. The molecule has 1 aromatic heterocycles. The number of aromatic nitrogens is 1. The van der Waals surface area contributed by atoms with Gasteiger partial charge in [0.2, 0.25) is 0 Å². The van der Waals surface area contributed by atoms with E-state index in [1.807, 2.05) is 19.1 Å². The molecule has 3 N–H and O–H groups in total. The van der Waals surface area contributed by atoms with E-state index >= 15 is 0 Å². The lowest BCUT2D eigenvalue weighted by atomic mass is 10.1. The van der Waals surface area contributed by atoms with Crippen molar-refractivity contribution in [3.63, 3.8) is 0 Å². The molecule has 3 rings (SSSR count). The van der Waals surface area contributed by atoms with Gasteiger partial charge in [0.05, 0.1) is 12.6 Å². The predicted molar refractivity (Wildman–Crippen MR) is 113 cm³/mol. The maximum Gasteiger partial charge on any atom is 0.191 e. The number of pyridine rings is 1. The third kappa shape index (κ3) is 5.68. The first-order valence-corrected chi connectivity index (χ1v) is 10.1. The van der Waals surface area contributed by atoms with Crippen LogP contribution in [0.25, 0.3) is 0 Å². The molecule has 0 saturated carbocycles. The summed E-state index contributed by atoms with van der Waals surface area (Å²) in [6, 6.07) is 12.4. The number of aliphatic hydroxyl groups excluding tert-OH is 1. The molecule has 2 heterocycles. The van der Waals surface area contributed by atoms with Crippen LogP contribution < -0.4 is 15.5 Å². The van der Waals surface area contributed by atoms with Crippen LogP contribution in [0.2, 0.25) is 0 Å². The van der Waals surface area contributed by atoms with Crippen LogP contribution in [0.3, 0.4) is 0 Å². The molecular weight excluding hydrogens is 406 g/mol. The van der Waals surface area contributed by atoms with Gasteiger partial charge in [-0.2, -0.15) is 0 Å². The zero-order valence-electron chi connectivity index (χ0n) is 15.5. The average Bonchev–Trinajstić information content (AvgIpc) is 3.16. The van der Waals surface area contributed by atoms with E-state index in [0.717, 1.165) is 42.1 Å². The van der Waals surface area contributed by atoms with Crippen LogP contribution in [0, 0.1) is 0 Å². The summed E-state index contributed by atoms with van der Waals surface area (Å²) in [5.74, 6) is 0.744. The molecule has 1 aromatic carbocycles. The highest BCUT2D eigenvalue weighted by molar-refractivity contribution is 9.10. The van der Waals surface area contributed by atoms with Crippen LogP contribution in [0.5, 0.6) is 0 Å². The van der Waals surface area contributed by atoms with Gasteiger partial charge in [-0.15, -0.1) is 0 Å². The number of guanidine groups is 1. The van der Waals surface area contributed by atoms with Gasteiger partial charge in [0.25, 0.3) is 0 Å². The van der Waals surface area contributed by atoms with Crippen molar-refractivity contribution >= 4 is 27.6 Å². The highest BCUT2D eigenvalue weighted by Gasteiger charge is 2.23. The van der Waals surface area contributed by atoms with E-state index in [1.165, 1.54) is 5.69 Å². The van der Waals surface area contributed by atoms with E-state index in [9.17, 15) is 5.11 Å². The molecule has 2 aromatic rings. The standard InChI is InChI=1S/C20H26BrN5O/c1-2-23-20(24-13-19(27)15-7-10-22-11-8-15)25-17-9-12-26(14-17)18-5-3-16(21)4-6-18/h3-8,10-11,17,19,27H,2,9,12-14H2,1H3,(H2,23,24,25). The highest BCUT2D eigenvalue weighted by atomic mass is 79.9. The molecule has 6 nitrogen and oxygen atoms in total. The number of benzene rings is 1. The second-order valence-electron chi connectivity index (χ2n) is 6.57. The Bertz CT molecular complexity index is 738. The van der Waals surface area contributed by atoms with E-state index in [0.29, 0.717) is 12.6 Å². The van der Waals surface area contributed by atoms with Crippen LogP contribution in [0.4, 0.5) is 5.69 Å². The van der Waals surface area contributed by atoms with Crippen molar-refractivity contribution in [1.82, 2.24) is 15.6 Å². The maximum absolute atomic E-state index is 10.3. The summed E-state index contributed by atoms with van der Waals surface area (Å²) in [4.78, 5) is 10.9. The third-order valence-electron chi connectivity index (χ3n) is 4.58. The van der Waals surface area contributed by atoms with Crippen LogP contribution >= 0.6 is 15.9 Å². The zero-order chi connectivity index (χ0) is 19.1. The summed E-state index contributed by atoms with van der Waals surface area (Å²) in [7, 11) is 0. The van der Waals surface area contributed by atoms with E-state index in [1.54, 1.807) is 12.4 Å². The van der Waals surface area contributed by atoms with Gasteiger partial charge in [-0.25, -0.2) is 0 Å². The summed E-state index contributed by atoms with van der Waals surface area (Å²) in [6.07, 6.45) is 3.78. The summed E-state index contributed by atoms with van der Waals surface area (Å²) in [6.45, 7) is 5.07. The topological polar surface area (TPSA) is 72.8 Å². The largest absolute Gasteiger partial charge is 0.386 e. The molecule has 144 valence electrons. The van der Waals surface area contributed by atoms with Gasteiger partial charge in [0, 0.05) is 48.2 Å². The number of aliphatic imine (C=N–C) groups is 1. The second-order valence-corrected chi connectivity index (χ2v) is 7.48. The molecule has 1 saturated heterocycles. The third-order valence-corrected chi connectivity index (χ3v) is 5.11. The summed E-state index contributed by atoms with van der Waals surface area (Å²) in [5.41, 5.74) is 2.06. The van der Waals surface area contributed by atoms with Crippen molar-refractivity contribution in [3.05, 3.63) is 58.8 Å². The molecule has 0 bridgehead atoms. The Balaban J connectivity index is 1.57. The molecule has 1 aliphatic heterocycles. The maximum atomic E-state index is 10.3. The Morgan fingerprint density at radius 2 is 2.04 bits per heavy atom. The molecule has 2 atom stereocenters. The summed E-state index contributed by atoms with van der Waals surface area (Å²) in [5, 5.41) is 17.1. The number of rotatable bonds is 6. The van der Waals surface area contributed by atoms with Crippen molar-refractivity contribution in [3.8, 4) is 0 Å². The van der Waals surface area contributed by atoms with Gasteiger partial charge in [0.15, 0.2) is 5.96 Å². The van der Waals surface area contributed by atoms with Crippen LogP contribution in [0.1, 0.15) is 25.0 Å². The predicted octanol–water partition coefficient (Wildman–Crippen LogP) is 2.71. The fraction of sp³-hybridized carbons (Fsp3) is 0.400. The Hall–Kier alpha value is -2.12. The summed E-state index contributed by atoms with van der Waals surface area (Å²) >= 11 is 3.48. The quantitative estimate of drug-likeness (QED) is 0.484. The first-order valence-electron chi connectivity index (χ1n) is 9.29. The normalized spacial score (nSPS) is 18.4. The Labute approximate surface area is 168 Å². The Morgan fingerprint density at radius 1 is 1.30 bits per heavy atom. The van der Waals surface area contributed by atoms with Crippen LogP contribution in [-0.2, 0) is 0 Å². The number of halogens is 1. The lowest BCUT2D eigenvalue weighted by molar-refractivity contribution is 0.187. The molecule has 27 heavy (non-hydrogen) atoms. The number of aliphatic hydroxyl groups is 1. The van der Waals surface area contributed by atoms with Crippen LogP contribution in [-0.4, -0.2) is 48.3 Å². The number of hydrogen-bond donors (Lipinski definition) is 3. The second kappa shape index (κ2) is 9.71. The highest BCUT2D eigenvalue weighted by Crippen LogP contribution is 2.22. The molecule has 0 aliphatic carbocycles. The molecule has 0 amide bonds. The van der Waals surface area contributed by atoms with Crippen LogP contribution in [0.15, 0.2) is 58.3 Å². The van der Waals surface area contributed by atoms with Gasteiger partial charge in [-0.1, -0.05) is 15.9 Å². The van der Waals surface area contributed by atoms with E-state index in [2.05, 4.69) is 65.7 Å². The molecule has 7 heteroatoms.